The topological polar surface area (TPSA) is 103 Å². The Labute approximate surface area is 204 Å². The lowest BCUT2D eigenvalue weighted by atomic mass is 10.1. The first-order chi connectivity index (χ1) is 16.8. The molecule has 0 heterocycles. The summed E-state index contributed by atoms with van der Waals surface area (Å²) in [5.41, 5.74) is 1.95. The number of halogens is 1. The van der Waals surface area contributed by atoms with Crippen LogP contribution in [0, 0.1) is 5.82 Å². The Balaban J connectivity index is 1.46. The molecule has 3 aromatic carbocycles. The van der Waals surface area contributed by atoms with Gasteiger partial charge in [-0.2, -0.15) is 0 Å². The second-order valence-corrected chi connectivity index (χ2v) is 9.25. The van der Waals surface area contributed by atoms with Crippen LogP contribution in [0.5, 0.6) is 11.5 Å². The quantitative estimate of drug-likeness (QED) is 0.393. The van der Waals surface area contributed by atoms with Gasteiger partial charge in [0.15, 0.2) is 0 Å². The molecule has 0 spiro atoms. The van der Waals surface area contributed by atoms with Gasteiger partial charge in [0.1, 0.15) is 23.9 Å². The highest BCUT2D eigenvalue weighted by molar-refractivity contribution is 7.92. The zero-order chi connectivity index (χ0) is 25.3. The fraction of sp³-hybridized carbons (Fsp3) is 0.240. The van der Waals surface area contributed by atoms with Crippen molar-refractivity contribution >= 4 is 21.6 Å². The van der Waals surface area contributed by atoms with E-state index in [-0.39, 0.29) is 29.8 Å². The molecule has 0 aliphatic rings. The number of nitrogens with one attached hydrogen (secondary N) is 2. The molecule has 0 aliphatic heterocycles. The smallest absolute Gasteiger partial charge is 0.261 e. The molecule has 0 fully saturated rings. The number of carbonyl (C=O) groups excluding carboxylic acids is 1. The number of amides is 1. The van der Waals surface area contributed by atoms with Gasteiger partial charge < -0.3 is 19.5 Å². The van der Waals surface area contributed by atoms with Gasteiger partial charge >= 0.3 is 0 Å². The van der Waals surface area contributed by atoms with E-state index in [1.54, 1.807) is 42.5 Å². The minimum atomic E-state index is -3.82. The maximum absolute atomic E-state index is 12.9. The van der Waals surface area contributed by atoms with Crippen molar-refractivity contribution in [1.29, 1.82) is 0 Å². The number of carbonyl (C=O) groups is 1. The molecular formula is C25H27FN2O6S. The predicted octanol–water partition coefficient (Wildman–Crippen LogP) is 3.52. The van der Waals surface area contributed by atoms with Gasteiger partial charge in [0, 0.05) is 24.7 Å². The fourth-order valence-electron chi connectivity index (χ4n) is 3.16. The van der Waals surface area contributed by atoms with Crippen LogP contribution >= 0.6 is 0 Å². The summed E-state index contributed by atoms with van der Waals surface area (Å²) in [6, 6.07) is 17.0. The Morgan fingerprint density at radius 2 is 1.49 bits per heavy atom. The Bertz CT molecular complexity index is 1210. The van der Waals surface area contributed by atoms with Crippen molar-refractivity contribution in [2.45, 2.75) is 17.9 Å². The molecule has 10 heteroatoms. The fourth-order valence-corrected chi connectivity index (χ4v) is 4.20. The van der Waals surface area contributed by atoms with Gasteiger partial charge in [0.2, 0.25) is 5.91 Å². The summed E-state index contributed by atoms with van der Waals surface area (Å²) in [6.07, 6.45) is 0.518. The van der Waals surface area contributed by atoms with Gasteiger partial charge in [0.05, 0.1) is 31.4 Å². The third-order valence-electron chi connectivity index (χ3n) is 4.99. The number of hydrogen-bond acceptors (Lipinski definition) is 6. The largest absolute Gasteiger partial charge is 0.497 e. The third kappa shape index (κ3) is 7.97. The second-order valence-electron chi connectivity index (χ2n) is 7.57. The molecule has 0 aliphatic carbocycles. The molecule has 2 N–H and O–H groups in total. The first-order valence-corrected chi connectivity index (χ1v) is 12.2. The highest BCUT2D eigenvalue weighted by Crippen LogP contribution is 2.27. The highest BCUT2D eigenvalue weighted by atomic mass is 32.2. The van der Waals surface area contributed by atoms with E-state index in [4.69, 9.17) is 14.2 Å². The summed E-state index contributed by atoms with van der Waals surface area (Å²) in [5, 5.41) is 2.75. The average Bonchev–Trinajstić information content (AvgIpc) is 2.85. The molecule has 0 saturated heterocycles. The lowest BCUT2D eigenvalue weighted by Crippen LogP contribution is -2.29. The van der Waals surface area contributed by atoms with E-state index in [0.717, 1.165) is 11.1 Å². The molecule has 0 unspecified atom stereocenters. The Morgan fingerprint density at radius 1 is 0.886 bits per heavy atom. The molecule has 0 radical (unpaired) electrons. The van der Waals surface area contributed by atoms with Gasteiger partial charge in [-0.05, 0) is 41.8 Å². The summed E-state index contributed by atoms with van der Waals surface area (Å²) in [5.74, 6) is 0.316. The van der Waals surface area contributed by atoms with Crippen LogP contribution in [0.3, 0.4) is 0 Å². The van der Waals surface area contributed by atoms with Gasteiger partial charge in [0.25, 0.3) is 10.0 Å². The van der Waals surface area contributed by atoms with E-state index in [0.29, 0.717) is 30.2 Å². The minimum absolute atomic E-state index is 0.0984. The van der Waals surface area contributed by atoms with E-state index in [1.165, 1.54) is 38.5 Å². The lowest BCUT2D eigenvalue weighted by Gasteiger charge is -2.12. The third-order valence-corrected chi connectivity index (χ3v) is 6.39. The van der Waals surface area contributed by atoms with Crippen molar-refractivity contribution < 1.29 is 31.8 Å². The normalized spacial score (nSPS) is 11.1. The summed E-state index contributed by atoms with van der Waals surface area (Å²) < 4.78 is 56.6. The lowest BCUT2D eigenvalue weighted by molar-refractivity contribution is -0.126. The molecule has 0 aromatic heterocycles. The van der Waals surface area contributed by atoms with Crippen LogP contribution in [-0.2, 0) is 32.6 Å². The standard InChI is InChI=1S/C25H27FN2O6S/c1-32-22-13-21(14-23(15-22)33-2)28-35(30,31)24-9-5-18(6-10-24)11-12-27-25(29)17-34-16-19-3-7-20(26)8-4-19/h3-10,13-15,28H,11-12,16-17H2,1-2H3,(H,27,29). The van der Waals surface area contributed by atoms with Crippen molar-refractivity contribution in [3.8, 4) is 11.5 Å². The van der Waals surface area contributed by atoms with Crippen LogP contribution in [0.1, 0.15) is 11.1 Å². The average molecular weight is 503 g/mol. The molecule has 0 atom stereocenters. The first-order valence-electron chi connectivity index (χ1n) is 10.7. The van der Waals surface area contributed by atoms with Crippen molar-refractivity contribution in [2.24, 2.45) is 0 Å². The highest BCUT2D eigenvalue weighted by Gasteiger charge is 2.15. The second kappa shape index (κ2) is 12.2. The molecule has 1 amide bonds. The number of anilines is 1. The minimum Gasteiger partial charge on any atom is -0.497 e. The Kier molecular flexibility index (Phi) is 9.04. The number of rotatable bonds is 12. The van der Waals surface area contributed by atoms with Crippen LogP contribution in [0.4, 0.5) is 10.1 Å². The van der Waals surface area contributed by atoms with Crippen LogP contribution in [0.2, 0.25) is 0 Å². The van der Waals surface area contributed by atoms with Crippen LogP contribution in [0.25, 0.3) is 0 Å². The van der Waals surface area contributed by atoms with Crippen LogP contribution in [0.15, 0.2) is 71.6 Å². The van der Waals surface area contributed by atoms with Crippen molar-refractivity contribution in [3.05, 3.63) is 83.7 Å². The maximum Gasteiger partial charge on any atom is 0.261 e. The number of methoxy groups -OCH3 is 2. The number of benzene rings is 3. The maximum atomic E-state index is 12.9. The van der Waals surface area contributed by atoms with Crippen molar-refractivity contribution in [2.75, 3.05) is 32.1 Å². The first kappa shape index (κ1) is 26.0. The zero-order valence-electron chi connectivity index (χ0n) is 19.4. The molecule has 3 rings (SSSR count). The molecule has 35 heavy (non-hydrogen) atoms. The summed E-state index contributed by atoms with van der Waals surface area (Å²) in [7, 11) is -0.855. The molecule has 0 bridgehead atoms. The van der Waals surface area contributed by atoms with Gasteiger partial charge in [-0.1, -0.05) is 24.3 Å². The van der Waals surface area contributed by atoms with E-state index in [2.05, 4.69) is 10.0 Å². The van der Waals surface area contributed by atoms with Crippen molar-refractivity contribution in [3.63, 3.8) is 0 Å². The molecule has 3 aromatic rings. The van der Waals surface area contributed by atoms with E-state index in [9.17, 15) is 17.6 Å². The van der Waals surface area contributed by atoms with Crippen LogP contribution < -0.4 is 19.5 Å². The zero-order valence-corrected chi connectivity index (χ0v) is 20.2. The number of ether oxygens (including phenoxy) is 3. The molecular weight excluding hydrogens is 475 g/mol. The van der Waals surface area contributed by atoms with E-state index >= 15 is 0 Å². The monoisotopic (exact) mass is 502 g/mol. The SMILES string of the molecule is COc1cc(NS(=O)(=O)c2ccc(CCNC(=O)COCc3ccc(F)cc3)cc2)cc(OC)c1. The molecule has 0 saturated carbocycles. The number of hydrogen-bond donors (Lipinski definition) is 2. The van der Waals surface area contributed by atoms with Gasteiger partial charge in [-0.3, -0.25) is 9.52 Å². The Morgan fingerprint density at radius 3 is 2.09 bits per heavy atom. The molecule has 8 nitrogen and oxygen atoms in total. The number of sulfonamides is 1. The summed E-state index contributed by atoms with van der Waals surface area (Å²) in [4.78, 5) is 12.0. The summed E-state index contributed by atoms with van der Waals surface area (Å²) in [6.45, 7) is 0.461. The Hall–Kier alpha value is -3.63. The van der Waals surface area contributed by atoms with Gasteiger partial charge in [-0.25, -0.2) is 12.8 Å². The van der Waals surface area contributed by atoms with E-state index < -0.39 is 10.0 Å². The van der Waals surface area contributed by atoms with Gasteiger partial charge in [-0.15, -0.1) is 0 Å². The summed E-state index contributed by atoms with van der Waals surface area (Å²) >= 11 is 0. The van der Waals surface area contributed by atoms with Crippen LogP contribution in [-0.4, -0.2) is 41.7 Å². The van der Waals surface area contributed by atoms with Crippen molar-refractivity contribution in [1.82, 2.24) is 5.32 Å². The van der Waals surface area contributed by atoms with E-state index in [1.807, 2.05) is 0 Å². The molecule has 186 valence electrons. The predicted molar refractivity (Wildman–Crippen MR) is 130 cm³/mol.